The Bertz CT molecular complexity index is 729. The molecule has 146 valence electrons. The molecule has 2 N–H and O–H groups in total. The molecule has 0 amide bonds. The normalized spacial score (nSPS) is 31.2. The van der Waals surface area contributed by atoms with Gasteiger partial charge in [-0.1, -0.05) is 18.7 Å². The molecule has 2 aliphatic rings. The number of aldehydes is 1. The molecule has 1 saturated heterocycles. The first kappa shape index (κ1) is 20.8. The fourth-order valence-corrected chi connectivity index (χ4v) is 3.10. The van der Waals surface area contributed by atoms with Crippen LogP contribution in [0.1, 0.15) is 26.7 Å². The Kier molecular flexibility index (Phi) is 6.87. The van der Waals surface area contributed by atoms with Crippen LogP contribution in [0.4, 0.5) is 0 Å². The summed E-state index contributed by atoms with van der Waals surface area (Å²) in [4.78, 5) is 35.9. The summed E-state index contributed by atoms with van der Waals surface area (Å²) < 4.78 is 10.8. The Morgan fingerprint density at radius 1 is 1.48 bits per heavy atom. The average Bonchev–Trinajstić information content (AvgIpc) is 2.94. The summed E-state index contributed by atoms with van der Waals surface area (Å²) in [6.45, 7) is 6.68. The molecule has 0 saturated carbocycles. The van der Waals surface area contributed by atoms with Gasteiger partial charge in [-0.2, -0.15) is 0 Å². The SMILES string of the molecule is C=C1C(=O)O[C@@H]2/C=C(\CO)CCC=C(C=O)[C@H](O)[C@@H](OC(=O)/C(C)=C\C)[C@@H]12. The summed E-state index contributed by atoms with van der Waals surface area (Å²) in [6, 6.07) is 0. The number of rotatable bonds is 4. The number of aliphatic hydroxyl groups is 2. The summed E-state index contributed by atoms with van der Waals surface area (Å²) in [5.41, 5.74) is 1.00. The Morgan fingerprint density at radius 3 is 2.78 bits per heavy atom. The molecule has 27 heavy (non-hydrogen) atoms. The number of carbonyl (C=O) groups is 3. The number of fused-ring (bicyclic) bond motifs is 1. The first-order valence-electron chi connectivity index (χ1n) is 8.71. The highest BCUT2D eigenvalue weighted by Crippen LogP contribution is 2.36. The highest BCUT2D eigenvalue weighted by Gasteiger charge is 2.48. The third kappa shape index (κ3) is 4.43. The van der Waals surface area contributed by atoms with E-state index < -0.39 is 36.2 Å². The molecule has 0 aromatic heterocycles. The van der Waals surface area contributed by atoms with Crippen molar-refractivity contribution in [1.29, 1.82) is 0 Å². The summed E-state index contributed by atoms with van der Waals surface area (Å²) in [5, 5.41) is 20.3. The molecule has 1 aliphatic carbocycles. The van der Waals surface area contributed by atoms with E-state index >= 15 is 0 Å². The maximum absolute atomic E-state index is 12.3. The molecule has 7 heteroatoms. The van der Waals surface area contributed by atoms with E-state index in [1.54, 1.807) is 26.0 Å². The Hall–Kier alpha value is -2.51. The van der Waals surface area contributed by atoms with E-state index in [1.165, 1.54) is 6.08 Å². The number of esters is 2. The highest BCUT2D eigenvalue weighted by molar-refractivity contribution is 5.92. The van der Waals surface area contributed by atoms with Crippen LogP contribution in [0.5, 0.6) is 0 Å². The second-order valence-corrected chi connectivity index (χ2v) is 6.55. The topological polar surface area (TPSA) is 110 Å². The summed E-state index contributed by atoms with van der Waals surface area (Å²) >= 11 is 0. The van der Waals surface area contributed by atoms with Gasteiger partial charge in [-0.25, -0.2) is 9.59 Å². The Morgan fingerprint density at radius 2 is 2.19 bits per heavy atom. The van der Waals surface area contributed by atoms with Crippen LogP contribution in [-0.4, -0.2) is 53.4 Å². The largest absolute Gasteiger partial charge is 0.455 e. The maximum atomic E-state index is 12.3. The summed E-state index contributed by atoms with van der Waals surface area (Å²) in [7, 11) is 0. The molecule has 2 rings (SSSR count). The van der Waals surface area contributed by atoms with Gasteiger partial charge in [-0.05, 0) is 38.3 Å². The minimum Gasteiger partial charge on any atom is -0.455 e. The van der Waals surface area contributed by atoms with E-state index in [-0.39, 0.29) is 17.8 Å². The molecule has 0 aromatic carbocycles. The fourth-order valence-electron chi connectivity index (χ4n) is 3.10. The van der Waals surface area contributed by atoms with Crippen molar-refractivity contribution in [2.75, 3.05) is 6.61 Å². The molecular formula is C20H24O7. The lowest BCUT2D eigenvalue weighted by Gasteiger charge is -2.30. The second kappa shape index (κ2) is 8.92. The quantitative estimate of drug-likeness (QED) is 0.328. The van der Waals surface area contributed by atoms with Crippen LogP contribution >= 0.6 is 0 Å². The molecule has 7 nitrogen and oxygen atoms in total. The third-order valence-corrected chi connectivity index (χ3v) is 4.85. The van der Waals surface area contributed by atoms with Crippen LogP contribution < -0.4 is 0 Å². The first-order valence-corrected chi connectivity index (χ1v) is 8.71. The minimum atomic E-state index is -1.45. The van der Waals surface area contributed by atoms with Gasteiger partial charge in [0, 0.05) is 16.7 Å². The predicted molar refractivity (Wildman–Crippen MR) is 96.4 cm³/mol. The standard InChI is InChI=1S/C20H24O7/c1-4-11(2)19(24)27-18-16-12(3)20(25)26-15(16)8-13(9-21)6-5-7-14(10-22)17(18)23/h4,7-8,10,15-18,21,23H,3,5-6,9H2,1-2H3/b11-4-,13-8-,14-7?/t15-,16+,17+,18+/m1/s1. The lowest BCUT2D eigenvalue weighted by molar-refractivity contribution is -0.153. The van der Waals surface area contributed by atoms with E-state index in [2.05, 4.69) is 6.58 Å². The molecular weight excluding hydrogens is 352 g/mol. The predicted octanol–water partition coefficient (Wildman–Crippen LogP) is 1.16. The smallest absolute Gasteiger partial charge is 0.334 e. The van der Waals surface area contributed by atoms with Crippen molar-refractivity contribution in [3.05, 3.63) is 47.1 Å². The zero-order chi connectivity index (χ0) is 20.1. The highest BCUT2D eigenvalue weighted by atomic mass is 16.6. The van der Waals surface area contributed by atoms with Crippen LogP contribution in [0.25, 0.3) is 0 Å². The van der Waals surface area contributed by atoms with Crippen LogP contribution in [0.2, 0.25) is 0 Å². The number of hydrogen-bond donors (Lipinski definition) is 2. The molecule has 0 spiro atoms. The third-order valence-electron chi connectivity index (χ3n) is 4.85. The van der Waals surface area contributed by atoms with Crippen LogP contribution in [0, 0.1) is 5.92 Å². The van der Waals surface area contributed by atoms with Crippen LogP contribution in [0.3, 0.4) is 0 Å². The van der Waals surface area contributed by atoms with Gasteiger partial charge in [-0.3, -0.25) is 4.79 Å². The number of ether oxygens (including phenoxy) is 2. The van der Waals surface area contributed by atoms with Crippen LogP contribution in [-0.2, 0) is 23.9 Å². The zero-order valence-corrected chi connectivity index (χ0v) is 15.4. The van der Waals surface area contributed by atoms with Gasteiger partial charge in [0.25, 0.3) is 0 Å². The van der Waals surface area contributed by atoms with Gasteiger partial charge in [-0.15, -0.1) is 0 Å². The summed E-state index contributed by atoms with van der Waals surface area (Å²) in [5.74, 6) is -2.24. The monoisotopic (exact) mass is 376 g/mol. The van der Waals surface area contributed by atoms with E-state index in [0.29, 0.717) is 30.3 Å². The molecule has 1 aliphatic heterocycles. The van der Waals surface area contributed by atoms with Crippen molar-refractivity contribution in [3.63, 3.8) is 0 Å². The van der Waals surface area contributed by atoms with Gasteiger partial charge in [0.1, 0.15) is 24.6 Å². The Labute approximate surface area is 157 Å². The molecule has 4 atom stereocenters. The Balaban J connectivity index is 2.54. The minimum absolute atomic E-state index is 0.0364. The molecule has 0 aromatic rings. The van der Waals surface area contributed by atoms with Crippen molar-refractivity contribution in [1.82, 2.24) is 0 Å². The first-order chi connectivity index (χ1) is 12.8. The maximum Gasteiger partial charge on any atom is 0.334 e. The van der Waals surface area contributed by atoms with Crippen molar-refractivity contribution in [2.24, 2.45) is 5.92 Å². The average molecular weight is 376 g/mol. The van der Waals surface area contributed by atoms with Crippen molar-refractivity contribution in [2.45, 2.75) is 45.0 Å². The fraction of sp³-hybridized carbons (Fsp3) is 0.450. The van der Waals surface area contributed by atoms with Gasteiger partial charge < -0.3 is 19.7 Å². The number of carbonyl (C=O) groups excluding carboxylic acids is 3. The molecule has 1 fully saturated rings. The zero-order valence-electron chi connectivity index (χ0n) is 15.4. The van der Waals surface area contributed by atoms with Gasteiger partial charge in [0.15, 0.2) is 0 Å². The van der Waals surface area contributed by atoms with E-state index in [1.807, 2.05) is 0 Å². The van der Waals surface area contributed by atoms with Crippen LogP contribution in [0.15, 0.2) is 47.1 Å². The molecule has 0 unspecified atom stereocenters. The molecule has 0 radical (unpaired) electrons. The van der Waals surface area contributed by atoms with Crippen molar-refractivity contribution in [3.8, 4) is 0 Å². The molecule has 0 bridgehead atoms. The van der Waals surface area contributed by atoms with E-state index in [9.17, 15) is 24.6 Å². The molecule has 1 heterocycles. The number of hydrogen-bond acceptors (Lipinski definition) is 7. The lowest BCUT2D eigenvalue weighted by atomic mass is 9.83. The van der Waals surface area contributed by atoms with Crippen molar-refractivity contribution >= 4 is 18.2 Å². The van der Waals surface area contributed by atoms with Gasteiger partial charge in [0.05, 0.1) is 12.5 Å². The van der Waals surface area contributed by atoms with Gasteiger partial charge >= 0.3 is 11.9 Å². The lowest BCUT2D eigenvalue weighted by Crippen LogP contribution is -2.43. The van der Waals surface area contributed by atoms with E-state index in [0.717, 1.165) is 0 Å². The summed E-state index contributed by atoms with van der Waals surface area (Å²) in [6.07, 6.45) is 2.43. The number of allylic oxidation sites excluding steroid dienone is 2. The van der Waals surface area contributed by atoms with Crippen molar-refractivity contribution < 1.29 is 34.1 Å². The van der Waals surface area contributed by atoms with Gasteiger partial charge in [0.2, 0.25) is 0 Å². The second-order valence-electron chi connectivity index (χ2n) is 6.55. The van der Waals surface area contributed by atoms with E-state index in [4.69, 9.17) is 9.47 Å². The number of aliphatic hydroxyl groups excluding tert-OH is 2.